The standard InChI is InChI=1S/C12H17FN4O2/c1-15-11(18)6-17(2)7-12(19)16-10-5-8(13)3-4-9(10)14/h3-5H,6-7,14H2,1-2H3,(H,15,18)(H,16,19). The molecule has 7 heteroatoms. The van der Waals surface area contributed by atoms with Gasteiger partial charge in [-0.05, 0) is 25.2 Å². The van der Waals surface area contributed by atoms with Crippen LogP contribution in [-0.2, 0) is 9.59 Å². The summed E-state index contributed by atoms with van der Waals surface area (Å²) in [4.78, 5) is 24.3. The Morgan fingerprint density at radius 3 is 2.58 bits per heavy atom. The van der Waals surface area contributed by atoms with Gasteiger partial charge in [0, 0.05) is 7.05 Å². The van der Waals surface area contributed by atoms with Gasteiger partial charge in [0.1, 0.15) is 5.82 Å². The Morgan fingerprint density at radius 2 is 1.95 bits per heavy atom. The van der Waals surface area contributed by atoms with E-state index in [-0.39, 0.29) is 36.3 Å². The van der Waals surface area contributed by atoms with E-state index < -0.39 is 5.82 Å². The number of anilines is 2. The van der Waals surface area contributed by atoms with Crippen molar-refractivity contribution >= 4 is 23.2 Å². The second-order valence-electron chi connectivity index (χ2n) is 4.13. The van der Waals surface area contributed by atoms with Gasteiger partial charge in [-0.1, -0.05) is 0 Å². The highest BCUT2D eigenvalue weighted by molar-refractivity contribution is 5.95. The third-order valence-corrected chi connectivity index (χ3v) is 2.40. The van der Waals surface area contributed by atoms with Gasteiger partial charge in [0.15, 0.2) is 0 Å². The molecule has 104 valence electrons. The Balaban J connectivity index is 2.55. The summed E-state index contributed by atoms with van der Waals surface area (Å²) in [5, 5.41) is 4.95. The first-order chi connectivity index (χ1) is 8.92. The van der Waals surface area contributed by atoms with E-state index in [1.165, 1.54) is 24.1 Å². The van der Waals surface area contributed by atoms with E-state index in [1.807, 2.05) is 0 Å². The summed E-state index contributed by atoms with van der Waals surface area (Å²) in [6.07, 6.45) is 0. The van der Waals surface area contributed by atoms with Crippen LogP contribution in [-0.4, -0.2) is 43.9 Å². The number of benzene rings is 1. The summed E-state index contributed by atoms with van der Waals surface area (Å²) in [5.41, 5.74) is 6.11. The van der Waals surface area contributed by atoms with Crippen LogP contribution >= 0.6 is 0 Å². The van der Waals surface area contributed by atoms with Crippen LogP contribution in [0.15, 0.2) is 18.2 Å². The maximum atomic E-state index is 13.0. The molecule has 1 rings (SSSR count). The van der Waals surface area contributed by atoms with Crippen LogP contribution in [0.4, 0.5) is 15.8 Å². The van der Waals surface area contributed by atoms with Gasteiger partial charge in [-0.15, -0.1) is 0 Å². The number of amides is 2. The molecule has 1 aromatic carbocycles. The molecular weight excluding hydrogens is 251 g/mol. The van der Waals surface area contributed by atoms with Gasteiger partial charge in [-0.3, -0.25) is 14.5 Å². The molecule has 1 aromatic rings. The lowest BCUT2D eigenvalue weighted by Gasteiger charge is -2.15. The second-order valence-corrected chi connectivity index (χ2v) is 4.13. The van der Waals surface area contributed by atoms with Crippen molar-refractivity contribution in [2.24, 2.45) is 0 Å². The maximum Gasteiger partial charge on any atom is 0.238 e. The molecule has 6 nitrogen and oxygen atoms in total. The molecule has 0 bridgehead atoms. The first kappa shape index (κ1) is 14.9. The molecule has 0 spiro atoms. The van der Waals surface area contributed by atoms with Gasteiger partial charge >= 0.3 is 0 Å². The first-order valence-corrected chi connectivity index (χ1v) is 5.66. The number of likely N-dealkylation sites (N-methyl/N-ethyl adjacent to an activating group) is 2. The van der Waals surface area contributed by atoms with Crippen LogP contribution in [0.25, 0.3) is 0 Å². The maximum absolute atomic E-state index is 13.0. The summed E-state index contributed by atoms with van der Waals surface area (Å²) in [5.74, 6) is -1.05. The molecule has 2 amide bonds. The van der Waals surface area contributed by atoms with E-state index in [1.54, 1.807) is 7.05 Å². The van der Waals surface area contributed by atoms with Gasteiger partial charge in [-0.25, -0.2) is 4.39 Å². The van der Waals surface area contributed by atoms with Crippen molar-refractivity contribution in [2.45, 2.75) is 0 Å². The van der Waals surface area contributed by atoms with Crippen LogP contribution in [0.5, 0.6) is 0 Å². The number of hydrogen-bond acceptors (Lipinski definition) is 4. The highest BCUT2D eigenvalue weighted by atomic mass is 19.1. The number of nitrogens with one attached hydrogen (secondary N) is 2. The number of rotatable bonds is 5. The van der Waals surface area contributed by atoms with E-state index in [9.17, 15) is 14.0 Å². The van der Waals surface area contributed by atoms with E-state index in [4.69, 9.17) is 5.73 Å². The third-order valence-electron chi connectivity index (χ3n) is 2.40. The zero-order valence-electron chi connectivity index (χ0n) is 10.9. The van der Waals surface area contributed by atoms with Crippen molar-refractivity contribution in [2.75, 3.05) is 38.2 Å². The summed E-state index contributed by atoms with van der Waals surface area (Å²) >= 11 is 0. The Hall–Kier alpha value is -2.15. The van der Waals surface area contributed by atoms with Crippen LogP contribution in [0.1, 0.15) is 0 Å². The van der Waals surface area contributed by atoms with E-state index in [0.29, 0.717) is 0 Å². The highest BCUT2D eigenvalue weighted by Gasteiger charge is 2.11. The zero-order chi connectivity index (χ0) is 14.4. The topological polar surface area (TPSA) is 87.5 Å². The number of carbonyl (C=O) groups is 2. The largest absolute Gasteiger partial charge is 0.397 e. The molecule has 0 radical (unpaired) electrons. The van der Waals surface area contributed by atoms with Gasteiger partial charge in [0.25, 0.3) is 0 Å². The molecule has 0 unspecified atom stereocenters. The first-order valence-electron chi connectivity index (χ1n) is 5.66. The third kappa shape index (κ3) is 4.92. The lowest BCUT2D eigenvalue weighted by Crippen LogP contribution is -2.37. The van der Waals surface area contributed by atoms with Crippen molar-refractivity contribution < 1.29 is 14.0 Å². The summed E-state index contributed by atoms with van der Waals surface area (Å²) < 4.78 is 13.0. The van der Waals surface area contributed by atoms with Crippen molar-refractivity contribution in [3.05, 3.63) is 24.0 Å². The van der Waals surface area contributed by atoms with E-state index in [2.05, 4.69) is 10.6 Å². The van der Waals surface area contributed by atoms with Crippen LogP contribution in [0, 0.1) is 5.82 Å². The van der Waals surface area contributed by atoms with Crippen LogP contribution in [0.3, 0.4) is 0 Å². The van der Waals surface area contributed by atoms with E-state index >= 15 is 0 Å². The normalized spacial score (nSPS) is 10.3. The Labute approximate surface area is 110 Å². The second kappa shape index (κ2) is 6.69. The summed E-state index contributed by atoms with van der Waals surface area (Å²) in [6.45, 7) is 0.103. The smallest absolute Gasteiger partial charge is 0.238 e. The lowest BCUT2D eigenvalue weighted by molar-refractivity contribution is -0.122. The molecule has 0 saturated heterocycles. The molecule has 19 heavy (non-hydrogen) atoms. The highest BCUT2D eigenvalue weighted by Crippen LogP contribution is 2.18. The molecule has 0 fully saturated rings. The average Bonchev–Trinajstić information content (AvgIpc) is 2.33. The van der Waals surface area contributed by atoms with Crippen molar-refractivity contribution in [1.82, 2.24) is 10.2 Å². The minimum Gasteiger partial charge on any atom is -0.397 e. The monoisotopic (exact) mass is 268 g/mol. The number of nitrogens with two attached hydrogens (primary N) is 1. The molecule has 0 aliphatic heterocycles. The average molecular weight is 268 g/mol. The molecular formula is C12H17FN4O2. The molecule has 0 aromatic heterocycles. The van der Waals surface area contributed by atoms with E-state index in [0.717, 1.165) is 6.07 Å². The molecule has 0 heterocycles. The number of nitrogen functional groups attached to an aromatic ring is 1. The molecule has 4 N–H and O–H groups in total. The van der Waals surface area contributed by atoms with Crippen molar-refractivity contribution in [3.63, 3.8) is 0 Å². The fourth-order valence-corrected chi connectivity index (χ4v) is 1.45. The predicted molar refractivity (Wildman–Crippen MR) is 71.0 cm³/mol. The lowest BCUT2D eigenvalue weighted by atomic mass is 10.2. The van der Waals surface area contributed by atoms with Gasteiger partial charge in [0.05, 0.1) is 24.5 Å². The zero-order valence-corrected chi connectivity index (χ0v) is 10.9. The summed E-state index contributed by atoms with van der Waals surface area (Å²) in [7, 11) is 3.15. The quantitative estimate of drug-likeness (QED) is 0.657. The van der Waals surface area contributed by atoms with Crippen molar-refractivity contribution in [3.8, 4) is 0 Å². The minimum absolute atomic E-state index is 0.00335. The minimum atomic E-state index is -0.483. The number of nitrogens with zero attached hydrogens (tertiary/aromatic N) is 1. The fourth-order valence-electron chi connectivity index (χ4n) is 1.45. The van der Waals surface area contributed by atoms with Crippen LogP contribution < -0.4 is 16.4 Å². The molecule has 0 aliphatic rings. The number of halogens is 1. The molecule has 0 aliphatic carbocycles. The van der Waals surface area contributed by atoms with Gasteiger partial charge in [-0.2, -0.15) is 0 Å². The fraction of sp³-hybridized carbons (Fsp3) is 0.333. The predicted octanol–water partition coefficient (Wildman–Crippen LogP) is 0.0242. The van der Waals surface area contributed by atoms with Gasteiger partial charge in [0.2, 0.25) is 11.8 Å². The number of hydrogen-bond donors (Lipinski definition) is 3. The number of carbonyl (C=O) groups excluding carboxylic acids is 2. The summed E-state index contributed by atoms with van der Waals surface area (Å²) in [6, 6.07) is 3.73. The van der Waals surface area contributed by atoms with Crippen LogP contribution in [0.2, 0.25) is 0 Å². The SMILES string of the molecule is CNC(=O)CN(C)CC(=O)Nc1cc(F)ccc1N. The Bertz CT molecular complexity index is 479. The van der Waals surface area contributed by atoms with Crippen molar-refractivity contribution in [1.29, 1.82) is 0 Å². The Morgan fingerprint density at radius 1 is 1.32 bits per heavy atom. The molecule has 0 atom stereocenters. The molecule has 0 saturated carbocycles. The van der Waals surface area contributed by atoms with Gasteiger partial charge < -0.3 is 16.4 Å². The Kier molecular flexibility index (Phi) is 5.25.